The van der Waals surface area contributed by atoms with E-state index in [4.69, 9.17) is 0 Å². The number of aryl methyl sites for hydroxylation is 1. The van der Waals surface area contributed by atoms with Crippen LogP contribution in [0.25, 0.3) is 5.82 Å². The fourth-order valence-electron chi connectivity index (χ4n) is 1.83. The van der Waals surface area contributed by atoms with Crippen LogP contribution in [0.1, 0.15) is 11.5 Å². The van der Waals surface area contributed by atoms with E-state index < -0.39 is 0 Å². The molecule has 0 fully saturated rings. The maximum absolute atomic E-state index is 4.38. The SMILES string of the molecule is Cc1nccc(CNc2ccc(-n3ccnc3)nc2)n1. The van der Waals surface area contributed by atoms with Gasteiger partial charge in [0.15, 0.2) is 0 Å². The van der Waals surface area contributed by atoms with Crippen molar-refractivity contribution in [1.82, 2.24) is 24.5 Å². The molecule has 0 amide bonds. The summed E-state index contributed by atoms with van der Waals surface area (Å²) in [6, 6.07) is 5.82. The fraction of sp³-hybridized carbons (Fsp3) is 0.143. The lowest BCUT2D eigenvalue weighted by molar-refractivity contribution is 0.951. The van der Waals surface area contributed by atoms with E-state index in [-0.39, 0.29) is 0 Å². The number of nitrogens with one attached hydrogen (secondary N) is 1. The Labute approximate surface area is 116 Å². The molecule has 0 saturated carbocycles. The molecule has 0 bridgehead atoms. The van der Waals surface area contributed by atoms with Gasteiger partial charge in [0.2, 0.25) is 0 Å². The standard InChI is InChI=1S/C14H14N6/c1-11-16-5-4-13(19-11)9-17-12-2-3-14(18-8-12)20-7-6-15-10-20/h2-8,10,17H,9H2,1H3. The average Bonchev–Trinajstić information content (AvgIpc) is 3.00. The summed E-state index contributed by atoms with van der Waals surface area (Å²) in [5.74, 6) is 1.61. The van der Waals surface area contributed by atoms with Gasteiger partial charge < -0.3 is 5.32 Å². The molecule has 0 unspecified atom stereocenters. The van der Waals surface area contributed by atoms with Crippen LogP contribution in [0.5, 0.6) is 0 Å². The molecule has 1 N–H and O–H groups in total. The summed E-state index contributed by atoms with van der Waals surface area (Å²) in [7, 11) is 0. The van der Waals surface area contributed by atoms with Gasteiger partial charge in [-0.05, 0) is 25.1 Å². The lowest BCUT2D eigenvalue weighted by Gasteiger charge is -2.07. The van der Waals surface area contributed by atoms with Crippen molar-refractivity contribution in [3.63, 3.8) is 0 Å². The summed E-state index contributed by atoms with van der Waals surface area (Å²) in [6.45, 7) is 2.53. The quantitative estimate of drug-likeness (QED) is 0.782. The number of imidazole rings is 1. The molecule has 0 spiro atoms. The van der Waals surface area contributed by atoms with Crippen molar-refractivity contribution in [1.29, 1.82) is 0 Å². The van der Waals surface area contributed by atoms with Gasteiger partial charge in [-0.2, -0.15) is 0 Å². The highest BCUT2D eigenvalue weighted by Gasteiger charge is 1.99. The number of rotatable bonds is 4. The Morgan fingerprint density at radius 1 is 1.15 bits per heavy atom. The maximum Gasteiger partial charge on any atom is 0.137 e. The second kappa shape index (κ2) is 5.48. The summed E-state index contributed by atoms with van der Waals surface area (Å²) >= 11 is 0. The molecule has 3 rings (SSSR count). The van der Waals surface area contributed by atoms with Crippen molar-refractivity contribution in [2.24, 2.45) is 0 Å². The van der Waals surface area contributed by atoms with Crippen molar-refractivity contribution in [3.05, 3.63) is 60.8 Å². The molecule has 3 aromatic rings. The van der Waals surface area contributed by atoms with E-state index in [2.05, 4.69) is 25.3 Å². The average molecular weight is 266 g/mol. The van der Waals surface area contributed by atoms with Crippen molar-refractivity contribution < 1.29 is 0 Å². The van der Waals surface area contributed by atoms with Crippen molar-refractivity contribution in [2.45, 2.75) is 13.5 Å². The fourth-order valence-corrected chi connectivity index (χ4v) is 1.83. The molecule has 0 aliphatic heterocycles. The van der Waals surface area contributed by atoms with Crippen LogP contribution in [0.3, 0.4) is 0 Å². The Morgan fingerprint density at radius 3 is 2.80 bits per heavy atom. The first-order chi connectivity index (χ1) is 9.81. The highest BCUT2D eigenvalue weighted by molar-refractivity contribution is 5.43. The van der Waals surface area contributed by atoms with Gasteiger partial charge in [0.05, 0.1) is 24.1 Å². The van der Waals surface area contributed by atoms with E-state index in [1.807, 2.05) is 35.9 Å². The molecule has 3 aromatic heterocycles. The number of hydrogen-bond acceptors (Lipinski definition) is 5. The minimum Gasteiger partial charge on any atom is -0.378 e. The van der Waals surface area contributed by atoms with E-state index in [0.717, 1.165) is 23.0 Å². The summed E-state index contributed by atoms with van der Waals surface area (Å²) in [5.41, 5.74) is 1.90. The first-order valence-electron chi connectivity index (χ1n) is 6.28. The van der Waals surface area contributed by atoms with Crippen LogP contribution in [-0.4, -0.2) is 24.5 Å². The number of pyridine rings is 1. The van der Waals surface area contributed by atoms with Gasteiger partial charge in [-0.25, -0.2) is 19.9 Å². The van der Waals surface area contributed by atoms with Crippen LogP contribution in [0.4, 0.5) is 5.69 Å². The molecular formula is C14H14N6. The van der Waals surface area contributed by atoms with Crippen molar-refractivity contribution in [2.75, 3.05) is 5.32 Å². The predicted octanol–water partition coefficient (Wildman–Crippen LogP) is 1.98. The van der Waals surface area contributed by atoms with Gasteiger partial charge in [0.1, 0.15) is 18.0 Å². The minimum atomic E-state index is 0.648. The Balaban J connectivity index is 1.67. The number of nitrogens with zero attached hydrogens (tertiary/aromatic N) is 5. The molecule has 20 heavy (non-hydrogen) atoms. The zero-order valence-electron chi connectivity index (χ0n) is 11.1. The molecule has 0 aliphatic rings. The second-order valence-electron chi connectivity index (χ2n) is 4.32. The largest absolute Gasteiger partial charge is 0.378 e. The lowest BCUT2D eigenvalue weighted by Crippen LogP contribution is -2.04. The van der Waals surface area contributed by atoms with Crippen molar-refractivity contribution >= 4 is 5.69 Å². The third kappa shape index (κ3) is 2.80. The molecule has 0 aromatic carbocycles. The Kier molecular flexibility index (Phi) is 3.36. The number of anilines is 1. The summed E-state index contributed by atoms with van der Waals surface area (Å²) in [5, 5.41) is 3.28. The molecule has 100 valence electrons. The third-order valence-corrected chi connectivity index (χ3v) is 2.82. The van der Waals surface area contributed by atoms with E-state index in [0.29, 0.717) is 6.54 Å². The first kappa shape index (κ1) is 12.3. The molecule has 6 nitrogen and oxygen atoms in total. The minimum absolute atomic E-state index is 0.648. The second-order valence-corrected chi connectivity index (χ2v) is 4.32. The molecule has 6 heteroatoms. The molecule has 0 aliphatic carbocycles. The monoisotopic (exact) mass is 266 g/mol. The zero-order chi connectivity index (χ0) is 13.8. The summed E-state index contributed by atoms with van der Waals surface area (Å²) in [6.07, 6.45) is 8.87. The Morgan fingerprint density at radius 2 is 2.10 bits per heavy atom. The molecule has 0 saturated heterocycles. The van der Waals surface area contributed by atoms with Gasteiger partial charge in [0, 0.05) is 18.6 Å². The normalized spacial score (nSPS) is 10.4. The zero-order valence-corrected chi connectivity index (χ0v) is 11.1. The summed E-state index contributed by atoms with van der Waals surface area (Å²) in [4.78, 5) is 16.8. The Bertz CT molecular complexity index is 675. The van der Waals surface area contributed by atoms with Crippen LogP contribution in [0.15, 0.2) is 49.3 Å². The highest BCUT2D eigenvalue weighted by atomic mass is 15.1. The van der Waals surface area contributed by atoms with Gasteiger partial charge in [-0.15, -0.1) is 0 Å². The lowest BCUT2D eigenvalue weighted by atomic mass is 10.3. The van der Waals surface area contributed by atoms with Crippen LogP contribution < -0.4 is 5.32 Å². The molecular weight excluding hydrogens is 252 g/mol. The van der Waals surface area contributed by atoms with E-state index in [1.54, 1.807) is 24.9 Å². The smallest absolute Gasteiger partial charge is 0.137 e. The van der Waals surface area contributed by atoms with Gasteiger partial charge in [-0.3, -0.25) is 4.57 Å². The topological polar surface area (TPSA) is 68.5 Å². The van der Waals surface area contributed by atoms with E-state index in [9.17, 15) is 0 Å². The van der Waals surface area contributed by atoms with Crippen LogP contribution in [0, 0.1) is 6.92 Å². The van der Waals surface area contributed by atoms with Crippen LogP contribution in [0.2, 0.25) is 0 Å². The van der Waals surface area contributed by atoms with E-state index >= 15 is 0 Å². The molecule has 3 heterocycles. The predicted molar refractivity (Wildman–Crippen MR) is 75.5 cm³/mol. The summed E-state index contributed by atoms with van der Waals surface area (Å²) < 4.78 is 1.86. The molecule has 0 atom stereocenters. The number of aromatic nitrogens is 5. The van der Waals surface area contributed by atoms with Gasteiger partial charge in [0.25, 0.3) is 0 Å². The van der Waals surface area contributed by atoms with E-state index in [1.165, 1.54) is 0 Å². The van der Waals surface area contributed by atoms with Crippen LogP contribution >= 0.6 is 0 Å². The highest BCUT2D eigenvalue weighted by Crippen LogP contribution is 2.10. The van der Waals surface area contributed by atoms with Gasteiger partial charge >= 0.3 is 0 Å². The Hall–Kier alpha value is -2.76. The van der Waals surface area contributed by atoms with Gasteiger partial charge in [-0.1, -0.05) is 0 Å². The van der Waals surface area contributed by atoms with Crippen molar-refractivity contribution in [3.8, 4) is 5.82 Å². The molecule has 0 radical (unpaired) electrons. The third-order valence-electron chi connectivity index (χ3n) is 2.82. The first-order valence-corrected chi connectivity index (χ1v) is 6.28. The number of hydrogen-bond donors (Lipinski definition) is 1. The van der Waals surface area contributed by atoms with Crippen LogP contribution in [-0.2, 0) is 6.54 Å². The maximum atomic E-state index is 4.38.